The first-order valence-corrected chi connectivity index (χ1v) is 10.4. The quantitative estimate of drug-likeness (QED) is 0.558. The number of carbonyl (C=O) groups is 2. The van der Waals surface area contributed by atoms with E-state index in [2.05, 4.69) is 22.4 Å². The lowest BCUT2D eigenvalue weighted by atomic mass is 9.98. The summed E-state index contributed by atoms with van der Waals surface area (Å²) in [5.74, 6) is -0.737. The zero-order chi connectivity index (χ0) is 22.5. The van der Waals surface area contributed by atoms with Gasteiger partial charge in [-0.25, -0.2) is 14.6 Å². The largest absolute Gasteiger partial charge is 0.481 e. The van der Waals surface area contributed by atoms with Crippen LogP contribution in [0.5, 0.6) is 5.88 Å². The number of carboxylic acid groups (broad SMARTS) is 1. The van der Waals surface area contributed by atoms with Crippen molar-refractivity contribution in [3.63, 3.8) is 0 Å². The van der Waals surface area contributed by atoms with Crippen molar-refractivity contribution in [3.05, 3.63) is 83.6 Å². The van der Waals surface area contributed by atoms with Crippen LogP contribution in [-0.4, -0.2) is 41.9 Å². The van der Waals surface area contributed by atoms with Crippen molar-refractivity contribution in [1.82, 2.24) is 10.3 Å². The van der Waals surface area contributed by atoms with Crippen LogP contribution in [0.25, 0.3) is 11.1 Å². The van der Waals surface area contributed by atoms with Crippen LogP contribution >= 0.6 is 0 Å². The maximum absolute atomic E-state index is 12.4. The van der Waals surface area contributed by atoms with Gasteiger partial charge in [-0.1, -0.05) is 48.5 Å². The SMILES string of the molecule is COc1cc(CC[C@H](NC(=O)OCC2c3ccccc3-c3ccccc32)C(=O)O)ccn1. The highest BCUT2D eigenvalue weighted by molar-refractivity contribution is 5.81. The molecule has 1 aliphatic rings. The number of fused-ring (bicyclic) bond motifs is 3. The lowest BCUT2D eigenvalue weighted by molar-refractivity contribution is -0.139. The zero-order valence-electron chi connectivity index (χ0n) is 17.7. The summed E-state index contributed by atoms with van der Waals surface area (Å²) in [6.45, 7) is 0.133. The summed E-state index contributed by atoms with van der Waals surface area (Å²) in [4.78, 5) is 28.1. The lowest BCUT2D eigenvalue weighted by Gasteiger charge is -2.17. The topological polar surface area (TPSA) is 97.8 Å². The van der Waals surface area contributed by atoms with Gasteiger partial charge in [0, 0.05) is 18.2 Å². The zero-order valence-corrected chi connectivity index (χ0v) is 17.7. The maximum Gasteiger partial charge on any atom is 0.407 e. The molecule has 0 saturated carbocycles. The fraction of sp³-hybridized carbons (Fsp3) is 0.240. The number of aromatic nitrogens is 1. The maximum atomic E-state index is 12.4. The molecule has 0 radical (unpaired) electrons. The molecule has 3 aromatic rings. The van der Waals surface area contributed by atoms with Crippen LogP contribution in [-0.2, 0) is 16.0 Å². The van der Waals surface area contributed by atoms with Crippen LogP contribution < -0.4 is 10.1 Å². The highest BCUT2D eigenvalue weighted by Crippen LogP contribution is 2.44. The molecule has 7 nitrogen and oxygen atoms in total. The van der Waals surface area contributed by atoms with Gasteiger partial charge >= 0.3 is 12.1 Å². The number of hydrogen-bond acceptors (Lipinski definition) is 5. The number of ether oxygens (including phenoxy) is 2. The third-order valence-electron chi connectivity index (χ3n) is 5.66. The van der Waals surface area contributed by atoms with E-state index < -0.39 is 18.1 Å². The van der Waals surface area contributed by atoms with Gasteiger partial charge in [0.2, 0.25) is 5.88 Å². The molecule has 4 rings (SSSR count). The van der Waals surface area contributed by atoms with Crippen LogP contribution in [0, 0.1) is 0 Å². The minimum atomic E-state index is -1.11. The van der Waals surface area contributed by atoms with Crippen molar-refractivity contribution >= 4 is 12.1 Å². The Morgan fingerprint density at radius 2 is 1.72 bits per heavy atom. The second-order valence-corrected chi connectivity index (χ2v) is 7.61. The number of nitrogens with zero attached hydrogens (tertiary/aromatic N) is 1. The van der Waals surface area contributed by atoms with Crippen LogP contribution in [0.1, 0.15) is 29.0 Å². The molecule has 1 amide bonds. The number of methoxy groups -OCH3 is 1. The Labute approximate surface area is 186 Å². The van der Waals surface area contributed by atoms with Crippen molar-refractivity contribution in [2.75, 3.05) is 13.7 Å². The molecule has 0 saturated heterocycles. The highest BCUT2D eigenvalue weighted by atomic mass is 16.5. The van der Waals surface area contributed by atoms with Crippen LogP contribution in [0.2, 0.25) is 0 Å². The molecule has 0 fully saturated rings. The molecule has 1 heterocycles. The number of alkyl carbamates (subject to hydrolysis) is 1. The summed E-state index contributed by atoms with van der Waals surface area (Å²) in [6, 6.07) is 18.5. The average molecular weight is 432 g/mol. The first-order valence-electron chi connectivity index (χ1n) is 10.4. The predicted molar refractivity (Wildman–Crippen MR) is 119 cm³/mol. The van der Waals surface area contributed by atoms with E-state index in [0.29, 0.717) is 12.3 Å². The number of benzene rings is 2. The number of amides is 1. The second-order valence-electron chi connectivity index (χ2n) is 7.61. The van der Waals surface area contributed by atoms with E-state index in [4.69, 9.17) is 9.47 Å². The molecule has 2 N–H and O–H groups in total. The van der Waals surface area contributed by atoms with Gasteiger partial charge in [-0.15, -0.1) is 0 Å². The van der Waals surface area contributed by atoms with E-state index in [1.807, 2.05) is 36.4 Å². The fourth-order valence-corrected chi connectivity index (χ4v) is 4.07. The van der Waals surface area contributed by atoms with Gasteiger partial charge in [0.1, 0.15) is 12.6 Å². The molecule has 0 unspecified atom stereocenters. The summed E-state index contributed by atoms with van der Waals surface area (Å²) in [5.41, 5.74) is 5.34. The number of rotatable bonds is 8. The van der Waals surface area contributed by atoms with E-state index in [1.165, 1.54) is 7.11 Å². The van der Waals surface area contributed by atoms with Crippen LogP contribution in [0.4, 0.5) is 4.79 Å². The van der Waals surface area contributed by atoms with Crippen LogP contribution in [0.3, 0.4) is 0 Å². The van der Waals surface area contributed by atoms with Gasteiger partial charge in [-0.3, -0.25) is 0 Å². The first-order chi connectivity index (χ1) is 15.6. The monoisotopic (exact) mass is 432 g/mol. The standard InChI is InChI=1S/C25H24N2O5/c1-31-23-14-16(12-13-26-23)10-11-22(24(28)29)27-25(30)32-15-21-19-8-4-2-6-17(19)18-7-3-5-9-20(18)21/h2-9,12-14,21-22H,10-11,15H2,1H3,(H,27,30)(H,28,29)/t22-/m0/s1. The van der Waals surface area contributed by atoms with E-state index in [0.717, 1.165) is 27.8 Å². The van der Waals surface area contributed by atoms with E-state index >= 15 is 0 Å². The van der Waals surface area contributed by atoms with Crippen LogP contribution in [0.15, 0.2) is 66.9 Å². The van der Waals surface area contributed by atoms with Crippen molar-refractivity contribution < 1.29 is 24.2 Å². The summed E-state index contributed by atoms with van der Waals surface area (Å²) in [7, 11) is 1.52. The number of pyridine rings is 1. The van der Waals surface area contributed by atoms with E-state index in [9.17, 15) is 14.7 Å². The number of aryl methyl sites for hydroxylation is 1. The number of nitrogens with one attached hydrogen (secondary N) is 1. The van der Waals surface area contributed by atoms with Gasteiger partial charge in [0.25, 0.3) is 0 Å². The number of hydrogen-bond donors (Lipinski definition) is 2. The Kier molecular flexibility index (Phi) is 6.35. The molecule has 164 valence electrons. The van der Waals surface area contributed by atoms with Gasteiger partial charge in [-0.05, 0) is 46.7 Å². The van der Waals surface area contributed by atoms with Gasteiger partial charge < -0.3 is 19.9 Å². The molecule has 2 aromatic carbocycles. The predicted octanol–water partition coefficient (Wildman–Crippen LogP) is 4.01. The highest BCUT2D eigenvalue weighted by Gasteiger charge is 2.29. The molecule has 7 heteroatoms. The van der Waals surface area contributed by atoms with Crippen molar-refractivity contribution in [1.29, 1.82) is 0 Å². The number of aliphatic carboxylic acids is 1. The second kappa shape index (κ2) is 9.51. The number of carbonyl (C=O) groups excluding carboxylic acids is 1. The minimum absolute atomic E-state index is 0.0827. The molecule has 0 bridgehead atoms. The number of carboxylic acids is 1. The summed E-state index contributed by atoms with van der Waals surface area (Å²) >= 11 is 0. The normalized spacial score (nSPS) is 13.0. The van der Waals surface area contributed by atoms with E-state index in [1.54, 1.807) is 18.3 Å². The molecular weight excluding hydrogens is 408 g/mol. The molecule has 0 aliphatic heterocycles. The van der Waals surface area contributed by atoms with Crippen molar-refractivity contribution in [2.24, 2.45) is 0 Å². The Morgan fingerprint density at radius 3 is 2.34 bits per heavy atom. The van der Waals surface area contributed by atoms with Crippen molar-refractivity contribution in [2.45, 2.75) is 24.8 Å². The summed E-state index contributed by atoms with van der Waals surface area (Å²) in [5, 5.41) is 12.0. The Hall–Kier alpha value is -3.87. The molecule has 1 atom stereocenters. The fourth-order valence-electron chi connectivity index (χ4n) is 4.07. The smallest absolute Gasteiger partial charge is 0.407 e. The van der Waals surface area contributed by atoms with Crippen molar-refractivity contribution in [3.8, 4) is 17.0 Å². The van der Waals surface area contributed by atoms with Gasteiger partial charge in [0.15, 0.2) is 0 Å². The third-order valence-corrected chi connectivity index (χ3v) is 5.66. The molecule has 1 aliphatic carbocycles. The van der Waals surface area contributed by atoms with Gasteiger partial charge in [-0.2, -0.15) is 0 Å². The van der Waals surface area contributed by atoms with E-state index in [-0.39, 0.29) is 18.9 Å². The Balaban J connectivity index is 1.37. The summed E-state index contributed by atoms with van der Waals surface area (Å²) < 4.78 is 10.6. The third kappa shape index (κ3) is 4.56. The average Bonchev–Trinajstić information content (AvgIpc) is 3.14. The first kappa shape index (κ1) is 21.4. The van der Waals surface area contributed by atoms with Gasteiger partial charge in [0.05, 0.1) is 7.11 Å². The Bertz CT molecular complexity index is 1090. The Morgan fingerprint density at radius 1 is 1.06 bits per heavy atom. The lowest BCUT2D eigenvalue weighted by Crippen LogP contribution is -2.41. The molecule has 0 spiro atoms. The molecular formula is C25H24N2O5. The molecule has 32 heavy (non-hydrogen) atoms. The summed E-state index contributed by atoms with van der Waals surface area (Å²) in [6.07, 6.45) is 1.52. The molecule has 1 aromatic heterocycles. The minimum Gasteiger partial charge on any atom is -0.481 e.